The Kier molecular flexibility index (Phi) is 2.33. The number of nitrogens with zero attached hydrogens (tertiary/aromatic N) is 1. The van der Waals surface area contributed by atoms with E-state index in [4.69, 9.17) is 0 Å². The first-order valence-electron chi connectivity index (χ1n) is 4.70. The fraction of sp³-hybridized carbons (Fsp3) is 0.667. The Bertz CT molecular complexity index is 252. The molecule has 4 nitrogen and oxygen atoms in total. The number of hydrogen-bond acceptors (Lipinski definition) is 3. The van der Waals surface area contributed by atoms with Gasteiger partial charge in [0.05, 0.1) is 5.60 Å². The predicted molar refractivity (Wildman–Crippen MR) is 49.3 cm³/mol. The van der Waals surface area contributed by atoms with E-state index in [2.05, 4.69) is 15.3 Å². The van der Waals surface area contributed by atoms with Crippen LogP contribution in [0.5, 0.6) is 0 Å². The number of rotatable bonds is 2. The summed E-state index contributed by atoms with van der Waals surface area (Å²) in [4.78, 5) is 7.14. The summed E-state index contributed by atoms with van der Waals surface area (Å²) in [6.07, 6.45) is 5.78. The number of hydrogen-bond donors (Lipinski definition) is 3. The lowest BCUT2D eigenvalue weighted by molar-refractivity contribution is 0.00927. The van der Waals surface area contributed by atoms with E-state index in [1.54, 1.807) is 12.4 Å². The van der Waals surface area contributed by atoms with Crippen LogP contribution in [0.1, 0.15) is 18.7 Å². The van der Waals surface area contributed by atoms with Gasteiger partial charge in [-0.3, -0.25) is 0 Å². The molecule has 0 unspecified atom stereocenters. The van der Waals surface area contributed by atoms with E-state index >= 15 is 0 Å². The van der Waals surface area contributed by atoms with E-state index in [1.165, 1.54) is 0 Å². The topological polar surface area (TPSA) is 60.9 Å². The Morgan fingerprint density at radius 1 is 1.46 bits per heavy atom. The van der Waals surface area contributed by atoms with Crippen molar-refractivity contribution in [3.05, 3.63) is 18.2 Å². The quantitative estimate of drug-likeness (QED) is 0.605. The molecule has 0 saturated carbocycles. The molecule has 3 N–H and O–H groups in total. The van der Waals surface area contributed by atoms with Crippen LogP contribution in [0, 0.1) is 0 Å². The average molecular weight is 181 g/mol. The molecule has 0 amide bonds. The van der Waals surface area contributed by atoms with Gasteiger partial charge in [0, 0.05) is 18.8 Å². The van der Waals surface area contributed by atoms with Crippen molar-refractivity contribution in [1.82, 2.24) is 15.3 Å². The third kappa shape index (κ3) is 2.08. The highest BCUT2D eigenvalue weighted by atomic mass is 16.3. The zero-order chi connectivity index (χ0) is 9.15. The number of aromatic nitrogens is 2. The monoisotopic (exact) mass is 181 g/mol. The van der Waals surface area contributed by atoms with Gasteiger partial charge >= 0.3 is 0 Å². The van der Waals surface area contributed by atoms with Crippen molar-refractivity contribution in [3.8, 4) is 0 Å². The minimum absolute atomic E-state index is 0.552. The molecule has 0 radical (unpaired) electrons. The molecule has 0 aliphatic carbocycles. The van der Waals surface area contributed by atoms with E-state index in [0.29, 0.717) is 6.42 Å². The number of imidazole rings is 1. The normalized spacial score (nSPS) is 21.6. The Balaban J connectivity index is 1.99. The molecule has 2 rings (SSSR count). The fourth-order valence-corrected chi connectivity index (χ4v) is 1.78. The predicted octanol–water partition coefficient (Wildman–Crippen LogP) is 0.0667. The zero-order valence-corrected chi connectivity index (χ0v) is 7.58. The summed E-state index contributed by atoms with van der Waals surface area (Å²) in [7, 11) is 0. The standard InChI is InChI=1S/C9H15N3O/c13-9(1-3-10-4-2-9)7-8-11-5-6-12-8/h5-6,10,13H,1-4,7H2,(H,11,12). The molecule has 1 aromatic rings. The smallest absolute Gasteiger partial charge is 0.108 e. The van der Waals surface area contributed by atoms with Crippen LogP contribution in [0.3, 0.4) is 0 Å². The van der Waals surface area contributed by atoms with Crippen molar-refractivity contribution in [3.63, 3.8) is 0 Å². The van der Waals surface area contributed by atoms with Gasteiger partial charge in [-0.2, -0.15) is 0 Å². The van der Waals surface area contributed by atoms with Gasteiger partial charge in [-0.05, 0) is 25.9 Å². The molecule has 1 aliphatic heterocycles. The van der Waals surface area contributed by atoms with Crippen LogP contribution in [-0.4, -0.2) is 33.8 Å². The Hall–Kier alpha value is -0.870. The molecular weight excluding hydrogens is 166 g/mol. The van der Waals surface area contributed by atoms with Gasteiger partial charge in [0.2, 0.25) is 0 Å². The molecule has 0 bridgehead atoms. The van der Waals surface area contributed by atoms with E-state index in [-0.39, 0.29) is 0 Å². The van der Waals surface area contributed by atoms with Crippen molar-refractivity contribution >= 4 is 0 Å². The molecule has 0 spiro atoms. The van der Waals surface area contributed by atoms with Crippen LogP contribution in [-0.2, 0) is 6.42 Å². The third-order valence-corrected chi connectivity index (χ3v) is 2.59. The Labute approximate surface area is 77.4 Å². The summed E-state index contributed by atoms with van der Waals surface area (Å²) in [5.41, 5.74) is -0.552. The maximum absolute atomic E-state index is 10.1. The minimum atomic E-state index is -0.552. The first-order chi connectivity index (χ1) is 6.29. The Morgan fingerprint density at radius 2 is 2.23 bits per heavy atom. The van der Waals surface area contributed by atoms with Crippen LogP contribution in [0.2, 0.25) is 0 Å². The first-order valence-corrected chi connectivity index (χ1v) is 4.70. The van der Waals surface area contributed by atoms with Gasteiger partial charge in [0.25, 0.3) is 0 Å². The maximum Gasteiger partial charge on any atom is 0.108 e. The minimum Gasteiger partial charge on any atom is -0.389 e. The molecule has 2 heterocycles. The second-order valence-corrected chi connectivity index (χ2v) is 3.69. The summed E-state index contributed by atoms with van der Waals surface area (Å²) >= 11 is 0. The van der Waals surface area contributed by atoms with Crippen molar-refractivity contribution in [1.29, 1.82) is 0 Å². The van der Waals surface area contributed by atoms with Gasteiger partial charge in [0.1, 0.15) is 5.82 Å². The largest absolute Gasteiger partial charge is 0.389 e. The molecule has 0 atom stereocenters. The molecule has 72 valence electrons. The fourth-order valence-electron chi connectivity index (χ4n) is 1.78. The second-order valence-electron chi connectivity index (χ2n) is 3.69. The molecule has 1 aromatic heterocycles. The lowest BCUT2D eigenvalue weighted by atomic mass is 9.89. The van der Waals surface area contributed by atoms with Crippen LogP contribution in [0.25, 0.3) is 0 Å². The van der Waals surface area contributed by atoms with Gasteiger partial charge < -0.3 is 15.4 Å². The highest BCUT2D eigenvalue weighted by molar-refractivity contribution is 4.97. The van der Waals surface area contributed by atoms with Gasteiger partial charge in [-0.15, -0.1) is 0 Å². The summed E-state index contributed by atoms with van der Waals surface area (Å²) < 4.78 is 0. The molecule has 1 saturated heterocycles. The summed E-state index contributed by atoms with van der Waals surface area (Å²) in [5, 5.41) is 13.4. The van der Waals surface area contributed by atoms with E-state index in [0.717, 1.165) is 31.8 Å². The molecular formula is C9H15N3O. The van der Waals surface area contributed by atoms with E-state index < -0.39 is 5.60 Å². The van der Waals surface area contributed by atoms with Gasteiger partial charge in [0.15, 0.2) is 0 Å². The van der Waals surface area contributed by atoms with E-state index in [1.807, 2.05) is 0 Å². The number of piperidine rings is 1. The third-order valence-electron chi connectivity index (χ3n) is 2.59. The second kappa shape index (κ2) is 3.47. The van der Waals surface area contributed by atoms with Crippen molar-refractivity contribution < 1.29 is 5.11 Å². The van der Waals surface area contributed by atoms with Crippen LogP contribution < -0.4 is 5.32 Å². The SMILES string of the molecule is OC1(Cc2ncc[nH]2)CCNCC1. The lowest BCUT2D eigenvalue weighted by Crippen LogP contribution is -2.43. The van der Waals surface area contributed by atoms with Crippen molar-refractivity contribution in [2.24, 2.45) is 0 Å². The molecule has 13 heavy (non-hydrogen) atoms. The summed E-state index contributed by atoms with van der Waals surface area (Å²) in [5.74, 6) is 0.879. The highest BCUT2D eigenvalue weighted by Gasteiger charge is 2.29. The summed E-state index contributed by atoms with van der Waals surface area (Å²) in [6.45, 7) is 1.80. The van der Waals surface area contributed by atoms with Crippen LogP contribution in [0.15, 0.2) is 12.4 Å². The van der Waals surface area contributed by atoms with Crippen LogP contribution in [0.4, 0.5) is 0 Å². The summed E-state index contributed by atoms with van der Waals surface area (Å²) in [6, 6.07) is 0. The number of nitrogens with one attached hydrogen (secondary N) is 2. The molecule has 1 fully saturated rings. The zero-order valence-electron chi connectivity index (χ0n) is 7.58. The molecule has 1 aliphatic rings. The van der Waals surface area contributed by atoms with Crippen molar-refractivity contribution in [2.75, 3.05) is 13.1 Å². The van der Waals surface area contributed by atoms with E-state index in [9.17, 15) is 5.11 Å². The van der Waals surface area contributed by atoms with Gasteiger partial charge in [-0.25, -0.2) is 4.98 Å². The van der Waals surface area contributed by atoms with Crippen molar-refractivity contribution in [2.45, 2.75) is 24.9 Å². The maximum atomic E-state index is 10.1. The molecule has 0 aromatic carbocycles. The van der Waals surface area contributed by atoms with Crippen LogP contribution >= 0.6 is 0 Å². The number of H-pyrrole nitrogens is 1. The number of aliphatic hydroxyl groups is 1. The average Bonchev–Trinajstić information content (AvgIpc) is 2.57. The highest BCUT2D eigenvalue weighted by Crippen LogP contribution is 2.21. The first kappa shape index (κ1) is 8.72. The lowest BCUT2D eigenvalue weighted by Gasteiger charge is -2.31. The van der Waals surface area contributed by atoms with Gasteiger partial charge in [-0.1, -0.05) is 0 Å². The Morgan fingerprint density at radius 3 is 2.85 bits per heavy atom. The molecule has 4 heteroatoms. The number of aromatic amines is 1.